The van der Waals surface area contributed by atoms with Gasteiger partial charge in [-0.25, -0.2) is 9.80 Å². The van der Waals surface area contributed by atoms with Crippen molar-refractivity contribution in [3.8, 4) is 12.3 Å². The molecule has 1 N–H and O–H groups in total. The Kier molecular flexibility index (Phi) is 9.55. The summed E-state index contributed by atoms with van der Waals surface area (Å²) in [6.07, 6.45) is 6.61. The molecule has 0 bridgehead atoms. The number of terminal acetylenes is 1. The van der Waals surface area contributed by atoms with Crippen molar-refractivity contribution in [2.45, 2.75) is 57.9 Å². The lowest BCUT2D eigenvalue weighted by atomic mass is 9.94. The Morgan fingerprint density at radius 1 is 0.957 bits per heavy atom. The molecule has 0 radical (unpaired) electrons. The van der Waals surface area contributed by atoms with Gasteiger partial charge in [-0.1, -0.05) is 117 Å². The predicted molar refractivity (Wildman–Crippen MR) is 184 cm³/mol. The second-order valence-electron chi connectivity index (χ2n) is 12.4. The maximum Gasteiger partial charge on any atom is 0.333 e. The lowest BCUT2D eigenvalue weighted by Crippen LogP contribution is -2.66. The van der Waals surface area contributed by atoms with E-state index in [1.807, 2.05) is 59.5 Å². The van der Waals surface area contributed by atoms with Crippen molar-refractivity contribution in [1.82, 2.24) is 25.1 Å². The molecule has 2 heterocycles. The number of hydrogen-bond acceptors (Lipinski definition) is 4. The van der Waals surface area contributed by atoms with Gasteiger partial charge in [0.15, 0.2) is 0 Å². The normalized spacial score (nSPS) is 18.6. The summed E-state index contributed by atoms with van der Waals surface area (Å²) in [4.78, 5) is 45.3. The molecule has 8 heteroatoms. The summed E-state index contributed by atoms with van der Waals surface area (Å²) in [5.41, 5.74) is 4.20. The van der Waals surface area contributed by atoms with Crippen LogP contribution in [-0.2, 0) is 29.1 Å². The molecule has 4 aromatic carbocycles. The number of amides is 4. The van der Waals surface area contributed by atoms with Gasteiger partial charge in [-0.15, -0.1) is 6.42 Å². The molecular weight excluding hydrogens is 586 g/mol. The Balaban J connectivity index is 1.32. The average Bonchev–Trinajstić information content (AvgIpc) is 3.43. The first-order valence-corrected chi connectivity index (χ1v) is 16.3. The number of carbonyl (C=O) groups is 3. The van der Waals surface area contributed by atoms with Gasteiger partial charge in [0, 0.05) is 19.5 Å². The molecule has 8 nitrogen and oxygen atoms in total. The summed E-state index contributed by atoms with van der Waals surface area (Å²) in [6, 6.07) is 31.1. The monoisotopic (exact) mass is 627 g/mol. The zero-order chi connectivity index (χ0) is 32.9. The minimum absolute atomic E-state index is 0.0166. The highest BCUT2D eigenvalue weighted by Crippen LogP contribution is 2.31. The number of nitrogens with one attached hydrogen (secondary N) is 1. The van der Waals surface area contributed by atoms with E-state index in [4.69, 9.17) is 6.42 Å². The van der Waals surface area contributed by atoms with Crippen LogP contribution in [0.2, 0.25) is 0 Å². The lowest BCUT2D eigenvalue weighted by molar-refractivity contribution is -0.157. The van der Waals surface area contributed by atoms with E-state index in [1.54, 1.807) is 9.91 Å². The van der Waals surface area contributed by atoms with Gasteiger partial charge >= 0.3 is 6.03 Å². The van der Waals surface area contributed by atoms with Gasteiger partial charge in [-0.05, 0) is 45.4 Å². The van der Waals surface area contributed by atoms with E-state index >= 15 is 0 Å². The number of nitrogens with zero attached hydrogens (tertiary/aromatic N) is 4. The molecule has 4 aromatic rings. The Hall–Kier alpha value is -5.13. The highest BCUT2D eigenvalue weighted by molar-refractivity contribution is 5.92. The maximum atomic E-state index is 14.4. The van der Waals surface area contributed by atoms with E-state index in [0.29, 0.717) is 25.4 Å². The third kappa shape index (κ3) is 6.72. The van der Waals surface area contributed by atoms with Gasteiger partial charge in [-0.2, -0.15) is 5.01 Å². The molecule has 47 heavy (non-hydrogen) atoms. The minimum Gasteiger partial charge on any atom is -0.333 e. The predicted octanol–water partition coefficient (Wildman–Crippen LogP) is 5.54. The number of piperazine rings is 1. The van der Waals surface area contributed by atoms with Crippen LogP contribution >= 0.6 is 0 Å². The summed E-state index contributed by atoms with van der Waals surface area (Å²) in [6.45, 7) is 5.24. The third-order valence-corrected chi connectivity index (χ3v) is 9.47. The van der Waals surface area contributed by atoms with Gasteiger partial charge < -0.3 is 15.1 Å². The molecule has 1 unspecified atom stereocenters. The summed E-state index contributed by atoms with van der Waals surface area (Å²) in [5, 5.41) is 8.32. The zero-order valence-corrected chi connectivity index (χ0v) is 27.0. The molecule has 2 saturated heterocycles. The smallest absolute Gasteiger partial charge is 0.333 e. The first-order valence-electron chi connectivity index (χ1n) is 16.3. The van der Waals surface area contributed by atoms with Gasteiger partial charge in [0.05, 0.1) is 19.6 Å². The van der Waals surface area contributed by atoms with Crippen LogP contribution in [-0.4, -0.2) is 69.5 Å². The molecular formula is C39H41N5O3. The fourth-order valence-corrected chi connectivity index (χ4v) is 6.70. The quantitative estimate of drug-likeness (QED) is 0.235. The number of fused-ring (bicyclic) bond motifs is 2. The number of hydrazine groups is 1. The largest absolute Gasteiger partial charge is 0.333 e. The first-order chi connectivity index (χ1) is 22.9. The van der Waals surface area contributed by atoms with Crippen molar-refractivity contribution in [1.29, 1.82) is 0 Å². The standard InChI is InChI=1S/C39H41N5O3/c1-4-22-42(39(47)40-24-30-12-7-6-8-13-30)43-27-37(45)44-35(23-29-18-20-31(21-19-29)28(3)5-2)38(46)41(26-36(43)44)25-33-16-11-15-32-14-9-10-17-34(32)33/h1,6-21,28,35-36H,5,22-27H2,2-3H3,(H,40,47)/t28?,35-,36+/m0/s1. The molecule has 2 aliphatic rings. The van der Waals surface area contributed by atoms with Crippen LogP contribution in [0.15, 0.2) is 97.1 Å². The van der Waals surface area contributed by atoms with Crippen LogP contribution in [0.4, 0.5) is 4.79 Å². The molecule has 0 spiro atoms. The fourth-order valence-electron chi connectivity index (χ4n) is 6.70. The van der Waals surface area contributed by atoms with Crippen molar-refractivity contribution < 1.29 is 14.4 Å². The average molecular weight is 628 g/mol. The maximum absolute atomic E-state index is 14.4. The van der Waals surface area contributed by atoms with Crippen LogP contribution in [0.5, 0.6) is 0 Å². The summed E-state index contributed by atoms with van der Waals surface area (Å²) >= 11 is 0. The van der Waals surface area contributed by atoms with E-state index in [2.05, 4.69) is 67.5 Å². The van der Waals surface area contributed by atoms with E-state index in [-0.39, 0.29) is 31.4 Å². The molecule has 0 aliphatic carbocycles. The summed E-state index contributed by atoms with van der Waals surface area (Å²) in [5.74, 6) is 2.73. The Bertz CT molecular complexity index is 1780. The number of carbonyl (C=O) groups excluding carboxylic acids is 3. The molecule has 4 amide bonds. The van der Waals surface area contributed by atoms with E-state index in [0.717, 1.165) is 33.9 Å². The van der Waals surface area contributed by atoms with Gasteiger partial charge in [0.25, 0.3) is 0 Å². The summed E-state index contributed by atoms with van der Waals surface area (Å²) < 4.78 is 0. The van der Waals surface area contributed by atoms with Crippen LogP contribution in [0.3, 0.4) is 0 Å². The van der Waals surface area contributed by atoms with Crippen LogP contribution in [0.25, 0.3) is 10.8 Å². The molecule has 0 aromatic heterocycles. The first kappa shape index (κ1) is 31.8. The second-order valence-corrected chi connectivity index (χ2v) is 12.4. The Morgan fingerprint density at radius 3 is 2.43 bits per heavy atom. The van der Waals surface area contributed by atoms with E-state index in [9.17, 15) is 14.4 Å². The number of rotatable bonds is 10. The van der Waals surface area contributed by atoms with Gasteiger partial charge in [-0.3, -0.25) is 9.59 Å². The van der Waals surface area contributed by atoms with Crippen molar-refractivity contribution in [2.75, 3.05) is 19.6 Å². The fraction of sp³-hybridized carbons (Fsp3) is 0.308. The molecule has 240 valence electrons. The van der Waals surface area contributed by atoms with Crippen LogP contribution in [0, 0.1) is 12.3 Å². The van der Waals surface area contributed by atoms with Crippen molar-refractivity contribution in [3.05, 3.63) is 119 Å². The molecule has 2 fully saturated rings. The number of hydrogen-bond donors (Lipinski definition) is 1. The van der Waals surface area contributed by atoms with E-state index < -0.39 is 18.2 Å². The number of benzene rings is 4. The highest BCUT2D eigenvalue weighted by Gasteiger charge is 2.52. The topological polar surface area (TPSA) is 76.2 Å². The third-order valence-electron chi connectivity index (χ3n) is 9.47. The molecule has 6 rings (SSSR count). The SMILES string of the molecule is C#CCN(C(=O)NCc1ccccc1)N1CC(=O)N2[C@@H](Cc3ccc(C(C)CC)cc3)C(=O)N(Cc3cccc4ccccc34)C[C@@H]21. The molecule has 0 saturated carbocycles. The van der Waals surface area contributed by atoms with Gasteiger partial charge in [0.2, 0.25) is 11.8 Å². The number of urea groups is 1. The van der Waals surface area contributed by atoms with E-state index in [1.165, 1.54) is 10.6 Å². The second kappa shape index (κ2) is 14.1. The zero-order valence-electron chi connectivity index (χ0n) is 27.0. The van der Waals surface area contributed by atoms with Gasteiger partial charge in [0.1, 0.15) is 12.2 Å². The van der Waals surface area contributed by atoms with Crippen molar-refractivity contribution >= 4 is 28.6 Å². The highest BCUT2D eigenvalue weighted by atomic mass is 16.2. The Labute approximate surface area is 276 Å². The Morgan fingerprint density at radius 2 is 1.68 bits per heavy atom. The molecule has 2 aliphatic heterocycles. The van der Waals surface area contributed by atoms with Crippen LogP contribution < -0.4 is 5.32 Å². The van der Waals surface area contributed by atoms with Crippen molar-refractivity contribution in [2.24, 2.45) is 0 Å². The molecule has 3 atom stereocenters. The van der Waals surface area contributed by atoms with Crippen LogP contribution in [0.1, 0.15) is 48.4 Å². The minimum atomic E-state index is -0.726. The lowest BCUT2D eigenvalue weighted by Gasteiger charge is -2.46. The summed E-state index contributed by atoms with van der Waals surface area (Å²) in [7, 11) is 0. The van der Waals surface area contributed by atoms with Crippen molar-refractivity contribution in [3.63, 3.8) is 0 Å².